The van der Waals surface area contributed by atoms with Gasteiger partial charge in [-0.1, -0.05) is 0 Å². The van der Waals surface area contributed by atoms with Crippen molar-refractivity contribution in [2.45, 2.75) is 58.1 Å². The van der Waals surface area contributed by atoms with Gasteiger partial charge in [0.2, 0.25) is 0 Å². The Balaban J connectivity index is -0.0000000527. The molecule has 0 fully saturated rings. The maximum Gasteiger partial charge on any atom is 1.00 e. The molecule has 0 radical (unpaired) electrons. The van der Waals surface area contributed by atoms with Crippen molar-refractivity contribution in [2.24, 2.45) is 0 Å². The molecule has 10 unspecified atom stereocenters. The molecule has 72 heteroatoms. The molecule has 97 heavy (non-hydrogen) atoms. The van der Waals surface area contributed by atoms with Crippen molar-refractivity contribution < 1.29 is 623 Å². The van der Waals surface area contributed by atoms with E-state index in [0.717, 1.165) is 85.5 Å². The minimum absolute atomic E-state index is 0. The Morgan fingerprint density at radius 1 is 0.247 bits per heavy atom. The molecular weight excluding hydrogens is 1690 g/mol. The van der Waals surface area contributed by atoms with Crippen LogP contribution in [0.2, 0.25) is 0 Å². The van der Waals surface area contributed by atoms with Crippen LogP contribution in [0.4, 0.5) is 0 Å². The van der Waals surface area contributed by atoms with E-state index < -0.39 is 134 Å². The van der Waals surface area contributed by atoms with Gasteiger partial charge in [0, 0.05) is 62.0 Å². The van der Waals surface area contributed by atoms with Gasteiger partial charge in [0.1, 0.15) is 0 Å². The second kappa shape index (κ2) is 61.6. The molecular formula is C25H39N10Na15O37P10. The molecule has 0 aliphatic rings. The Hall–Kier alpha value is 12.3. The van der Waals surface area contributed by atoms with Crippen molar-refractivity contribution >= 4 is 76.0 Å². The fourth-order valence-electron chi connectivity index (χ4n) is 4.78. The van der Waals surface area contributed by atoms with Gasteiger partial charge < -0.3 is 203 Å². The van der Waals surface area contributed by atoms with Crippen LogP contribution in [0.5, 0.6) is 0 Å². The van der Waals surface area contributed by atoms with Crippen molar-refractivity contribution in [1.29, 1.82) is 0 Å². The summed E-state index contributed by atoms with van der Waals surface area (Å²) in [6.45, 7) is -5.72. The van der Waals surface area contributed by atoms with Crippen molar-refractivity contribution in [3.05, 3.63) is 93.6 Å². The smallest absolute Gasteiger partial charge is 0.808 e. The first-order valence-corrected chi connectivity index (χ1v) is 34.7. The number of aliphatic hydroxyl groups is 5. The van der Waals surface area contributed by atoms with E-state index in [-0.39, 0.29) is 454 Å². The van der Waals surface area contributed by atoms with Gasteiger partial charge in [0.25, 0.3) is 0 Å². The molecule has 47 nitrogen and oxygen atoms in total. The minimum atomic E-state index is -5.97. The number of hydrogen-bond acceptors (Lipinski definition) is 35. The normalized spacial score (nSPS) is 16.5. The summed E-state index contributed by atoms with van der Waals surface area (Å²) in [6.07, 6.45) is 16.4. The first-order valence-electron chi connectivity index (χ1n) is 19.1. The predicted molar refractivity (Wildman–Crippen MR) is 230 cm³/mol. The van der Waals surface area contributed by atoms with Crippen molar-refractivity contribution in [3.63, 3.8) is 0 Å². The fourth-order valence-corrected chi connectivity index (χ4v) is 14.4. The summed E-state index contributed by atoms with van der Waals surface area (Å²) < 4.78 is 111. The van der Waals surface area contributed by atoms with E-state index in [1.165, 1.54) is 31.0 Å². The van der Waals surface area contributed by atoms with Crippen LogP contribution in [0.25, 0.3) is 0 Å². The monoisotopic (exact) mass is 1730 g/mol. The largest absolute Gasteiger partial charge is 1.00 e. The van der Waals surface area contributed by atoms with Gasteiger partial charge in [-0.15, -0.1) is 0 Å². The average Bonchev–Trinajstić information content (AvgIpc) is 4.16. The van der Waals surface area contributed by atoms with E-state index in [1.54, 1.807) is 0 Å². The number of imidazole rings is 5. The summed E-state index contributed by atoms with van der Waals surface area (Å²) in [5, 5.41) is 27.6. The maximum atomic E-state index is 10.8. The Morgan fingerprint density at radius 3 is 0.392 bits per heavy atom. The van der Waals surface area contributed by atoms with Crippen LogP contribution in [0, 0.1) is 0 Å². The fraction of sp³-hybridized carbons (Fsp3) is 0.400. The first-order chi connectivity index (χ1) is 35.4. The van der Waals surface area contributed by atoms with Crippen LogP contribution in [-0.4, -0.2) is 134 Å². The third kappa shape index (κ3) is 46.4. The summed E-state index contributed by atoms with van der Waals surface area (Å²) in [5.74, 6) is 0. The first kappa shape index (κ1) is 150. The van der Waals surface area contributed by atoms with Crippen molar-refractivity contribution in [3.8, 4) is 0 Å². The van der Waals surface area contributed by atoms with E-state index in [2.05, 4.69) is 24.9 Å². The average molecular weight is 1730 g/mol. The molecule has 0 saturated carbocycles. The van der Waals surface area contributed by atoms with Gasteiger partial charge in [-0.05, 0) is 38.0 Å². The summed E-state index contributed by atoms with van der Waals surface area (Å²) in [7, 11) is -58.8. The topological polar surface area (TPSA) is 871 Å². The minimum Gasteiger partial charge on any atom is -0.808 e. The summed E-state index contributed by atoms with van der Waals surface area (Å²) in [6, 6.07) is 0. The molecule has 0 amide bonds. The zero-order valence-corrected chi connectivity index (χ0v) is 93.3. The van der Waals surface area contributed by atoms with Gasteiger partial charge in [-0.25, -0.2) is 24.9 Å². The molecule has 0 aliphatic carbocycles. The maximum absolute atomic E-state index is 10.8. The predicted octanol–water partition coefficient (Wildman–Crippen LogP) is -61.6. The number of nitrogens with zero attached hydrogens (tertiary/aromatic N) is 10. The molecule has 0 aromatic carbocycles. The van der Waals surface area contributed by atoms with Crippen molar-refractivity contribution in [1.82, 2.24) is 47.8 Å². The molecule has 14 N–H and O–H groups in total. The van der Waals surface area contributed by atoms with Crippen LogP contribution in [0.3, 0.4) is 0 Å². The number of rotatable bonds is 20. The summed E-state index contributed by atoms with van der Waals surface area (Å²) in [5.41, 5.74) is 0. The molecule has 0 aliphatic heterocycles. The molecule has 5 rings (SSSR count). The Kier molecular flexibility index (Phi) is 95.5. The second-order valence-corrected chi connectivity index (χ2v) is 34.5. The Morgan fingerprint density at radius 2 is 0.340 bits per heavy atom. The van der Waals surface area contributed by atoms with Gasteiger partial charge in [0.05, 0.1) is 64.4 Å². The molecule has 0 saturated heterocycles. The van der Waals surface area contributed by atoms with E-state index in [9.17, 15) is 145 Å². The van der Waals surface area contributed by atoms with E-state index in [4.69, 9.17) is 24.5 Å². The Labute approximate surface area is 880 Å². The molecule has 476 valence electrons. The van der Waals surface area contributed by atoms with E-state index >= 15 is 0 Å². The molecule has 0 bridgehead atoms. The molecule has 10 atom stereocenters. The summed E-state index contributed by atoms with van der Waals surface area (Å²) in [4.78, 5) is 221. The zero-order chi connectivity index (χ0) is 63.1. The van der Waals surface area contributed by atoms with E-state index in [1.807, 2.05) is 0 Å². The van der Waals surface area contributed by atoms with Crippen molar-refractivity contribution in [2.75, 3.05) is 0 Å². The van der Waals surface area contributed by atoms with E-state index in [0.29, 0.717) is 0 Å². The standard InChI is InChI=1S/5C5H10N2O7P2.15Na.2H2O/c5*8-5(15(9,10)11,16(12,13)14)3-7-2-1-6-4-7;;;;;;;;;;;;;;;;;/h5*1-2,4,8H,3H2,(H2,9,10,11)(H2,12,13,14);;;;;;;;;;;;;;;;2*1H2/q;;;;;15*+1;;/p-15. The van der Waals surface area contributed by atoms with Gasteiger partial charge in [0.15, 0.2) is 63.4 Å². The number of aromatic nitrogens is 10. The Bertz CT molecular complexity index is 2680. The third-order valence-electron chi connectivity index (χ3n) is 9.23. The van der Waals surface area contributed by atoms with Crippen LogP contribution in [0.15, 0.2) is 93.6 Å². The van der Waals surface area contributed by atoms with Crippen LogP contribution < -0.4 is 517 Å². The third-order valence-corrected chi connectivity index (χ3v) is 27.0. The molecule has 5 heterocycles. The van der Waals surface area contributed by atoms with Gasteiger partial charge in [-0.2, -0.15) is 0 Å². The van der Waals surface area contributed by atoms with Gasteiger partial charge >= 0.3 is 443 Å². The molecule has 5 aromatic rings. The van der Waals surface area contributed by atoms with Crippen LogP contribution in [-0.2, 0) is 78.4 Å². The molecule has 0 spiro atoms. The second-order valence-electron chi connectivity index (χ2n) is 15.1. The SMILES string of the molecule is O.O.O=P([O-])([O-])C(O)(Cn1ccnc1)P(=O)([O-])O.O=P([O-])([O-])C(O)(Cn1ccnc1)P(=O)([O-])O.O=P([O-])([O-])C(O)(Cn1ccnc1)P(=O)([O-])O.O=P([O-])([O-])C(O)(Cn1ccnc1)P(=O)([O-])O.O=P([O-])([O-])C(O)(Cn1ccnc1)P(=O)([O-])O.[Na+].[Na+].[Na+].[Na+].[Na+].[Na+].[Na+].[Na+].[Na+].[Na+].[Na+].[Na+].[Na+].[Na+].[Na+]. The summed E-state index contributed by atoms with van der Waals surface area (Å²) >= 11 is 0. The zero-order valence-electron chi connectivity index (χ0n) is 54.3. The van der Waals surface area contributed by atoms with Crippen LogP contribution in [0.1, 0.15) is 0 Å². The number of hydrogen-bond donors (Lipinski definition) is 10. The quantitative estimate of drug-likeness (QED) is 0.0255. The molecule has 5 aromatic heterocycles. The van der Waals surface area contributed by atoms with Gasteiger partial charge in [-0.3, -0.25) is 0 Å². The van der Waals surface area contributed by atoms with Crippen LogP contribution >= 0.6 is 76.0 Å².